The molecule has 7 heteroatoms. The van der Waals surface area contributed by atoms with E-state index in [4.69, 9.17) is 4.74 Å². The normalized spacial score (nSPS) is 20.0. The number of thiazole rings is 1. The predicted octanol–water partition coefficient (Wildman–Crippen LogP) is 1.56. The Balaban J connectivity index is 1.59. The number of aromatic nitrogens is 4. The SMILES string of the molecule is Cc1nc(C)n(C[C@@H]2CN(Cc3cnc(C)s3)CCO2)n1. The summed E-state index contributed by atoms with van der Waals surface area (Å²) in [5.74, 6) is 1.77. The lowest BCUT2D eigenvalue weighted by Crippen LogP contribution is -2.43. The monoisotopic (exact) mass is 307 g/mol. The minimum absolute atomic E-state index is 0.174. The molecule has 1 saturated heterocycles. The first-order chi connectivity index (χ1) is 10.1. The van der Waals surface area contributed by atoms with Gasteiger partial charge in [0, 0.05) is 30.7 Å². The van der Waals surface area contributed by atoms with Crippen molar-refractivity contribution in [3.63, 3.8) is 0 Å². The molecule has 0 aliphatic carbocycles. The van der Waals surface area contributed by atoms with Crippen LogP contribution in [0.5, 0.6) is 0 Å². The summed E-state index contributed by atoms with van der Waals surface area (Å²) in [5, 5.41) is 5.54. The summed E-state index contributed by atoms with van der Waals surface area (Å²) >= 11 is 1.77. The van der Waals surface area contributed by atoms with Crippen molar-refractivity contribution in [2.24, 2.45) is 0 Å². The summed E-state index contributed by atoms with van der Waals surface area (Å²) in [6.07, 6.45) is 2.16. The number of hydrogen-bond acceptors (Lipinski definition) is 6. The van der Waals surface area contributed by atoms with E-state index >= 15 is 0 Å². The first-order valence-corrected chi connectivity index (χ1v) is 8.05. The number of morpholine rings is 1. The van der Waals surface area contributed by atoms with Crippen LogP contribution in [0.4, 0.5) is 0 Å². The summed E-state index contributed by atoms with van der Waals surface area (Å²) in [5.41, 5.74) is 0. The Morgan fingerprint density at radius 3 is 2.90 bits per heavy atom. The fraction of sp³-hybridized carbons (Fsp3) is 0.643. The van der Waals surface area contributed by atoms with Gasteiger partial charge in [0.15, 0.2) is 0 Å². The van der Waals surface area contributed by atoms with Crippen molar-refractivity contribution in [1.82, 2.24) is 24.6 Å². The van der Waals surface area contributed by atoms with Crippen LogP contribution in [0.2, 0.25) is 0 Å². The highest BCUT2D eigenvalue weighted by Gasteiger charge is 2.22. The predicted molar refractivity (Wildman–Crippen MR) is 81.4 cm³/mol. The molecule has 114 valence electrons. The second kappa shape index (κ2) is 6.21. The van der Waals surface area contributed by atoms with Gasteiger partial charge in [-0.05, 0) is 20.8 Å². The van der Waals surface area contributed by atoms with Crippen LogP contribution in [-0.4, -0.2) is 50.4 Å². The molecule has 21 heavy (non-hydrogen) atoms. The molecule has 0 radical (unpaired) electrons. The maximum atomic E-state index is 5.88. The lowest BCUT2D eigenvalue weighted by Gasteiger charge is -2.32. The molecule has 0 unspecified atom stereocenters. The van der Waals surface area contributed by atoms with Crippen molar-refractivity contribution >= 4 is 11.3 Å². The summed E-state index contributed by atoms with van der Waals surface area (Å²) in [6.45, 7) is 10.4. The first-order valence-electron chi connectivity index (χ1n) is 7.23. The summed E-state index contributed by atoms with van der Waals surface area (Å²) in [4.78, 5) is 12.4. The van der Waals surface area contributed by atoms with Crippen LogP contribution in [0.15, 0.2) is 6.20 Å². The van der Waals surface area contributed by atoms with E-state index in [1.54, 1.807) is 11.3 Å². The Labute approximate surface area is 128 Å². The van der Waals surface area contributed by atoms with Crippen LogP contribution in [0.25, 0.3) is 0 Å². The Morgan fingerprint density at radius 1 is 1.38 bits per heavy atom. The summed E-state index contributed by atoms with van der Waals surface area (Å²) in [6, 6.07) is 0. The first kappa shape index (κ1) is 14.6. The lowest BCUT2D eigenvalue weighted by molar-refractivity contribution is -0.0402. The van der Waals surface area contributed by atoms with Gasteiger partial charge in [-0.15, -0.1) is 11.3 Å². The topological polar surface area (TPSA) is 56.1 Å². The zero-order chi connectivity index (χ0) is 14.8. The zero-order valence-corrected chi connectivity index (χ0v) is 13.6. The molecule has 1 fully saturated rings. The van der Waals surface area contributed by atoms with E-state index in [9.17, 15) is 0 Å². The van der Waals surface area contributed by atoms with Crippen molar-refractivity contribution in [1.29, 1.82) is 0 Å². The van der Waals surface area contributed by atoms with Crippen molar-refractivity contribution < 1.29 is 4.74 Å². The van der Waals surface area contributed by atoms with Crippen LogP contribution < -0.4 is 0 Å². The highest BCUT2D eigenvalue weighted by molar-refractivity contribution is 7.11. The Hall–Kier alpha value is -1.31. The second-order valence-electron chi connectivity index (χ2n) is 5.46. The minimum atomic E-state index is 0.174. The van der Waals surface area contributed by atoms with Crippen LogP contribution >= 0.6 is 11.3 Å². The summed E-state index contributed by atoms with van der Waals surface area (Å²) in [7, 11) is 0. The minimum Gasteiger partial charge on any atom is -0.374 e. The molecular weight excluding hydrogens is 286 g/mol. The van der Waals surface area contributed by atoms with E-state index in [1.165, 1.54) is 4.88 Å². The Bertz CT molecular complexity index is 608. The van der Waals surface area contributed by atoms with Crippen molar-refractivity contribution in [2.75, 3.05) is 19.7 Å². The maximum Gasteiger partial charge on any atom is 0.147 e. The smallest absolute Gasteiger partial charge is 0.147 e. The molecule has 0 amide bonds. The molecule has 1 aliphatic rings. The highest BCUT2D eigenvalue weighted by Crippen LogP contribution is 2.17. The third kappa shape index (κ3) is 3.66. The standard InChI is InChI=1S/C14H21N5OS/c1-10-16-11(2)19(17-10)8-13-7-18(4-5-20-13)9-14-6-15-12(3)21-14/h6,13H,4-5,7-9H2,1-3H3/t13-/m0/s1. The van der Waals surface area contributed by atoms with E-state index in [-0.39, 0.29) is 6.10 Å². The number of hydrogen-bond donors (Lipinski definition) is 0. The molecule has 0 spiro atoms. The van der Waals surface area contributed by atoms with Crippen molar-refractivity contribution in [3.8, 4) is 0 Å². The molecule has 1 aliphatic heterocycles. The Morgan fingerprint density at radius 2 is 2.24 bits per heavy atom. The molecule has 0 bridgehead atoms. The third-order valence-electron chi connectivity index (χ3n) is 3.61. The fourth-order valence-corrected chi connectivity index (χ4v) is 3.50. The average Bonchev–Trinajstić information content (AvgIpc) is 2.96. The number of rotatable bonds is 4. The van der Waals surface area contributed by atoms with E-state index in [0.29, 0.717) is 0 Å². The van der Waals surface area contributed by atoms with E-state index in [1.807, 2.05) is 31.6 Å². The van der Waals surface area contributed by atoms with E-state index in [0.717, 1.165) is 49.4 Å². The molecule has 2 aromatic rings. The van der Waals surface area contributed by atoms with Crippen molar-refractivity contribution in [2.45, 2.75) is 40.0 Å². The molecule has 3 heterocycles. The molecular formula is C14H21N5OS. The van der Waals surface area contributed by atoms with Crippen LogP contribution in [-0.2, 0) is 17.8 Å². The van der Waals surface area contributed by atoms with Gasteiger partial charge >= 0.3 is 0 Å². The maximum absolute atomic E-state index is 5.88. The van der Waals surface area contributed by atoms with Crippen molar-refractivity contribution in [3.05, 3.63) is 27.7 Å². The molecule has 1 atom stereocenters. The number of nitrogens with zero attached hydrogens (tertiary/aromatic N) is 5. The molecule has 2 aromatic heterocycles. The molecule has 0 N–H and O–H groups in total. The lowest BCUT2D eigenvalue weighted by atomic mass is 10.2. The van der Waals surface area contributed by atoms with Gasteiger partial charge in [-0.1, -0.05) is 0 Å². The quantitative estimate of drug-likeness (QED) is 0.858. The van der Waals surface area contributed by atoms with Crippen LogP contribution in [0, 0.1) is 20.8 Å². The molecule has 3 rings (SSSR count). The van der Waals surface area contributed by atoms with E-state index in [2.05, 4.69) is 20.0 Å². The van der Waals surface area contributed by atoms with Gasteiger partial charge in [0.2, 0.25) is 0 Å². The highest BCUT2D eigenvalue weighted by atomic mass is 32.1. The zero-order valence-electron chi connectivity index (χ0n) is 12.7. The van der Waals surface area contributed by atoms with Gasteiger partial charge in [-0.3, -0.25) is 4.90 Å². The van der Waals surface area contributed by atoms with Gasteiger partial charge in [-0.25, -0.2) is 14.6 Å². The molecule has 6 nitrogen and oxygen atoms in total. The van der Waals surface area contributed by atoms with Gasteiger partial charge < -0.3 is 4.74 Å². The average molecular weight is 307 g/mol. The molecule has 0 saturated carbocycles. The third-order valence-corrected chi connectivity index (χ3v) is 4.51. The fourth-order valence-electron chi connectivity index (χ4n) is 2.66. The summed E-state index contributed by atoms with van der Waals surface area (Å²) < 4.78 is 7.82. The van der Waals surface area contributed by atoms with Crippen LogP contribution in [0.3, 0.4) is 0 Å². The van der Waals surface area contributed by atoms with Gasteiger partial charge in [0.05, 0.1) is 24.3 Å². The Kier molecular flexibility index (Phi) is 4.32. The van der Waals surface area contributed by atoms with E-state index < -0.39 is 0 Å². The largest absolute Gasteiger partial charge is 0.374 e. The van der Waals surface area contributed by atoms with Gasteiger partial charge in [0.25, 0.3) is 0 Å². The van der Waals surface area contributed by atoms with Crippen LogP contribution in [0.1, 0.15) is 21.5 Å². The second-order valence-corrected chi connectivity index (χ2v) is 6.78. The van der Waals surface area contributed by atoms with Gasteiger partial charge in [0.1, 0.15) is 11.6 Å². The van der Waals surface area contributed by atoms with Gasteiger partial charge in [-0.2, -0.15) is 5.10 Å². The number of ether oxygens (including phenoxy) is 1. The molecule has 0 aromatic carbocycles. The number of aryl methyl sites for hydroxylation is 3.